The molecule has 1 fully saturated rings. The molecule has 1 aromatic rings. The number of rotatable bonds is 3. The van der Waals surface area contributed by atoms with Gasteiger partial charge in [-0.3, -0.25) is 4.98 Å². The zero-order valence-electron chi connectivity index (χ0n) is 11.0. The summed E-state index contributed by atoms with van der Waals surface area (Å²) in [7, 11) is 0. The van der Waals surface area contributed by atoms with Crippen LogP contribution >= 0.6 is 24.0 Å². The lowest BCUT2D eigenvalue weighted by atomic mass is 9.92. The summed E-state index contributed by atoms with van der Waals surface area (Å²) >= 11 is 7.65. The first-order valence-corrected chi connectivity index (χ1v) is 7.90. The van der Waals surface area contributed by atoms with Crippen molar-refractivity contribution in [2.75, 3.05) is 5.75 Å². The molecule has 2 nitrogen and oxygen atoms in total. The Labute approximate surface area is 119 Å². The molecule has 0 spiro atoms. The molecule has 0 aliphatic carbocycles. The predicted octanol–water partition coefficient (Wildman–Crippen LogP) is 3.52. The van der Waals surface area contributed by atoms with Crippen molar-refractivity contribution >= 4 is 29.0 Å². The summed E-state index contributed by atoms with van der Waals surface area (Å²) in [6.07, 6.45) is 7.43. The van der Waals surface area contributed by atoms with Crippen LogP contribution in [0.4, 0.5) is 0 Å². The molecule has 4 heteroatoms. The molecule has 0 saturated carbocycles. The van der Waals surface area contributed by atoms with Gasteiger partial charge in [0.05, 0.1) is 9.74 Å². The number of pyridine rings is 1. The summed E-state index contributed by atoms with van der Waals surface area (Å²) < 4.78 is -0.0634. The van der Waals surface area contributed by atoms with Gasteiger partial charge < -0.3 is 5.32 Å². The second-order valence-electron chi connectivity index (χ2n) is 5.00. The molecular formula is C14H20N2S2. The number of thioether (sulfide) groups is 1. The summed E-state index contributed by atoms with van der Waals surface area (Å²) in [5.74, 6) is 1.18. The Morgan fingerprint density at radius 3 is 2.89 bits per heavy atom. The summed E-state index contributed by atoms with van der Waals surface area (Å²) in [5, 5.41) is 3.43. The highest BCUT2D eigenvalue weighted by Crippen LogP contribution is 2.45. The molecule has 2 heterocycles. The highest BCUT2D eigenvalue weighted by atomic mass is 32.2. The van der Waals surface area contributed by atoms with E-state index >= 15 is 0 Å². The van der Waals surface area contributed by atoms with E-state index in [0.29, 0.717) is 6.04 Å². The van der Waals surface area contributed by atoms with Gasteiger partial charge in [0.25, 0.3) is 0 Å². The van der Waals surface area contributed by atoms with Crippen molar-refractivity contribution in [2.24, 2.45) is 0 Å². The summed E-state index contributed by atoms with van der Waals surface area (Å²) in [6.45, 7) is 4.27. The Morgan fingerprint density at radius 1 is 1.50 bits per heavy atom. The number of hydrogen-bond acceptors (Lipinski definition) is 3. The van der Waals surface area contributed by atoms with Crippen LogP contribution in [0, 0.1) is 0 Å². The molecule has 1 N–H and O–H groups in total. The molecule has 0 bridgehead atoms. The standard InChI is InChI=1S/C14H20N2S2/c1-11(2)16-13(17)14(7-3-4-9-18-14)12-6-5-8-15-10-12/h5-6,8,10-11H,3-4,7,9H2,1-2H3,(H,16,17). The Balaban J connectivity index is 2.31. The number of nitrogens with zero attached hydrogens (tertiary/aromatic N) is 1. The average Bonchev–Trinajstić information content (AvgIpc) is 2.40. The van der Waals surface area contributed by atoms with Crippen molar-refractivity contribution in [3.05, 3.63) is 30.1 Å². The van der Waals surface area contributed by atoms with Crippen LogP contribution in [-0.4, -0.2) is 21.8 Å². The number of thiocarbonyl (C=S) groups is 1. The Kier molecular flexibility index (Phi) is 4.62. The quantitative estimate of drug-likeness (QED) is 0.856. The number of hydrogen-bond donors (Lipinski definition) is 1. The molecule has 1 aliphatic heterocycles. The molecule has 1 atom stereocenters. The van der Waals surface area contributed by atoms with E-state index in [4.69, 9.17) is 12.2 Å². The fraction of sp³-hybridized carbons (Fsp3) is 0.571. The molecule has 1 saturated heterocycles. The van der Waals surface area contributed by atoms with Crippen LogP contribution in [0.2, 0.25) is 0 Å². The maximum atomic E-state index is 5.68. The van der Waals surface area contributed by atoms with Crippen LogP contribution in [0.1, 0.15) is 38.7 Å². The molecule has 2 rings (SSSR count). The third-order valence-electron chi connectivity index (χ3n) is 3.19. The zero-order valence-corrected chi connectivity index (χ0v) is 12.6. The van der Waals surface area contributed by atoms with Gasteiger partial charge in [-0.05, 0) is 44.1 Å². The maximum absolute atomic E-state index is 5.68. The molecule has 0 radical (unpaired) electrons. The summed E-state index contributed by atoms with van der Waals surface area (Å²) in [6, 6.07) is 4.54. The van der Waals surface area contributed by atoms with Crippen LogP contribution in [0.5, 0.6) is 0 Å². The fourth-order valence-electron chi connectivity index (χ4n) is 2.31. The highest BCUT2D eigenvalue weighted by Gasteiger charge is 2.39. The number of nitrogens with one attached hydrogen (secondary N) is 1. The van der Waals surface area contributed by atoms with Gasteiger partial charge in [-0.15, -0.1) is 11.8 Å². The van der Waals surface area contributed by atoms with E-state index < -0.39 is 0 Å². The van der Waals surface area contributed by atoms with Crippen molar-refractivity contribution in [3.63, 3.8) is 0 Å². The van der Waals surface area contributed by atoms with Gasteiger partial charge >= 0.3 is 0 Å². The normalized spacial score (nSPS) is 23.9. The first kappa shape index (κ1) is 13.8. The first-order chi connectivity index (χ1) is 8.65. The van der Waals surface area contributed by atoms with Gasteiger partial charge in [-0.25, -0.2) is 0 Å². The Hall–Kier alpha value is -0.610. The number of aromatic nitrogens is 1. The third-order valence-corrected chi connectivity index (χ3v) is 5.41. The zero-order chi connectivity index (χ0) is 13.0. The molecule has 98 valence electrons. The minimum atomic E-state index is -0.0634. The molecule has 0 amide bonds. The van der Waals surface area contributed by atoms with Crippen molar-refractivity contribution in [2.45, 2.75) is 43.9 Å². The third kappa shape index (κ3) is 2.86. The van der Waals surface area contributed by atoms with E-state index in [1.165, 1.54) is 24.2 Å². The molecule has 1 aliphatic rings. The SMILES string of the molecule is CC(C)NC(=S)C1(c2cccnc2)CCCCS1. The van der Waals surface area contributed by atoms with Crippen LogP contribution in [0.15, 0.2) is 24.5 Å². The van der Waals surface area contributed by atoms with Gasteiger partial charge in [0.2, 0.25) is 0 Å². The molecule has 1 aromatic heterocycles. The lowest BCUT2D eigenvalue weighted by molar-refractivity contribution is 0.603. The van der Waals surface area contributed by atoms with E-state index in [9.17, 15) is 0 Å². The van der Waals surface area contributed by atoms with E-state index in [1.54, 1.807) is 0 Å². The second kappa shape index (κ2) is 6.02. The van der Waals surface area contributed by atoms with E-state index in [1.807, 2.05) is 30.2 Å². The smallest absolute Gasteiger partial charge is 0.0964 e. The monoisotopic (exact) mass is 280 g/mol. The van der Waals surface area contributed by atoms with Crippen LogP contribution < -0.4 is 5.32 Å². The van der Waals surface area contributed by atoms with Crippen molar-refractivity contribution < 1.29 is 0 Å². The van der Waals surface area contributed by atoms with Crippen molar-refractivity contribution in [3.8, 4) is 0 Å². The van der Waals surface area contributed by atoms with Crippen LogP contribution in [-0.2, 0) is 4.75 Å². The minimum absolute atomic E-state index is 0.0634. The minimum Gasteiger partial charge on any atom is -0.376 e. The molecule has 0 aromatic carbocycles. The molecule has 18 heavy (non-hydrogen) atoms. The summed E-state index contributed by atoms with van der Waals surface area (Å²) in [4.78, 5) is 5.23. The van der Waals surface area contributed by atoms with Crippen molar-refractivity contribution in [1.82, 2.24) is 10.3 Å². The Morgan fingerprint density at radius 2 is 2.33 bits per heavy atom. The largest absolute Gasteiger partial charge is 0.376 e. The van der Waals surface area contributed by atoms with E-state index in [2.05, 4.69) is 30.2 Å². The Bertz CT molecular complexity index is 398. The van der Waals surface area contributed by atoms with Gasteiger partial charge in [-0.1, -0.05) is 24.7 Å². The van der Waals surface area contributed by atoms with Crippen LogP contribution in [0.3, 0.4) is 0 Å². The predicted molar refractivity (Wildman–Crippen MR) is 83.1 cm³/mol. The second-order valence-corrected chi connectivity index (χ2v) is 6.80. The first-order valence-electron chi connectivity index (χ1n) is 6.50. The molecule has 1 unspecified atom stereocenters. The van der Waals surface area contributed by atoms with E-state index in [-0.39, 0.29) is 4.75 Å². The summed E-state index contributed by atoms with van der Waals surface area (Å²) in [5.41, 5.74) is 1.24. The van der Waals surface area contributed by atoms with Gasteiger partial charge in [0.15, 0.2) is 0 Å². The fourth-order valence-corrected chi connectivity index (χ4v) is 4.41. The van der Waals surface area contributed by atoms with E-state index in [0.717, 1.165) is 11.4 Å². The van der Waals surface area contributed by atoms with Gasteiger partial charge in [0.1, 0.15) is 0 Å². The lowest BCUT2D eigenvalue weighted by Gasteiger charge is -2.38. The van der Waals surface area contributed by atoms with Crippen molar-refractivity contribution in [1.29, 1.82) is 0 Å². The topological polar surface area (TPSA) is 24.9 Å². The molecular weight excluding hydrogens is 260 g/mol. The van der Waals surface area contributed by atoms with Gasteiger partial charge in [-0.2, -0.15) is 0 Å². The highest BCUT2D eigenvalue weighted by molar-refractivity contribution is 8.02. The maximum Gasteiger partial charge on any atom is 0.0964 e. The van der Waals surface area contributed by atoms with Gasteiger partial charge in [0, 0.05) is 18.4 Å². The van der Waals surface area contributed by atoms with Crippen LogP contribution in [0.25, 0.3) is 0 Å². The average molecular weight is 280 g/mol. The lowest BCUT2D eigenvalue weighted by Crippen LogP contribution is -2.45.